The van der Waals surface area contributed by atoms with E-state index in [-0.39, 0.29) is 11.9 Å². The Bertz CT molecular complexity index is 738. The Morgan fingerprint density at radius 3 is 2.03 bits per heavy atom. The summed E-state index contributed by atoms with van der Waals surface area (Å²) in [5.74, 6) is 1.71. The molecule has 0 aliphatic heterocycles. The van der Waals surface area contributed by atoms with E-state index >= 15 is 0 Å². The molecule has 1 heterocycles. The summed E-state index contributed by atoms with van der Waals surface area (Å²) < 4.78 is 11.3. The smallest absolute Gasteiger partial charge is 0.314 e. The largest absolute Gasteiger partial charge is 0.490 e. The summed E-state index contributed by atoms with van der Waals surface area (Å²) in [5, 5.41) is 0. The number of ether oxygens (including phenoxy) is 2. The molecule has 0 fully saturated rings. The Kier molecular flexibility index (Phi) is 11.7. The first kappa shape index (κ1) is 24.8. The van der Waals surface area contributed by atoms with Crippen LogP contribution in [0.2, 0.25) is 0 Å². The molecule has 0 amide bonds. The lowest BCUT2D eigenvalue weighted by Gasteiger charge is -2.14. The first-order valence-electron chi connectivity index (χ1n) is 11.9. The summed E-state index contributed by atoms with van der Waals surface area (Å²) in [4.78, 5) is 21.2. The number of rotatable bonds is 15. The lowest BCUT2D eigenvalue weighted by Crippen LogP contribution is -2.20. The van der Waals surface area contributed by atoms with E-state index in [1.165, 1.54) is 32.1 Å². The van der Waals surface area contributed by atoms with Crippen LogP contribution < -0.4 is 9.47 Å². The van der Waals surface area contributed by atoms with E-state index in [9.17, 15) is 4.79 Å². The SMILES string of the molecule is CCCCCCCCOc1cnc(-c2ccc(OC(=O)C(CCC)CCC)cc2)nc1. The molecule has 0 saturated heterocycles. The Balaban J connectivity index is 1.82. The fraction of sp³-hybridized carbons (Fsp3) is 0.577. The molecular weight excluding hydrogens is 388 g/mol. The summed E-state index contributed by atoms with van der Waals surface area (Å²) >= 11 is 0. The number of benzene rings is 1. The van der Waals surface area contributed by atoms with Crippen LogP contribution in [0.1, 0.15) is 85.0 Å². The summed E-state index contributed by atoms with van der Waals surface area (Å²) in [6.07, 6.45) is 14.6. The van der Waals surface area contributed by atoms with E-state index in [1.54, 1.807) is 24.5 Å². The molecule has 170 valence electrons. The van der Waals surface area contributed by atoms with Gasteiger partial charge in [0.05, 0.1) is 24.9 Å². The van der Waals surface area contributed by atoms with Crippen LogP contribution in [0.3, 0.4) is 0 Å². The number of nitrogens with zero attached hydrogens (tertiary/aromatic N) is 2. The van der Waals surface area contributed by atoms with Crippen molar-refractivity contribution in [2.45, 2.75) is 85.0 Å². The van der Waals surface area contributed by atoms with E-state index in [0.717, 1.165) is 37.7 Å². The molecule has 0 saturated carbocycles. The molecule has 2 rings (SSSR count). The van der Waals surface area contributed by atoms with Gasteiger partial charge in [-0.2, -0.15) is 0 Å². The first-order chi connectivity index (χ1) is 15.2. The summed E-state index contributed by atoms with van der Waals surface area (Å²) in [7, 11) is 0. The lowest BCUT2D eigenvalue weighted by atomic mass is 9.99. The zero-order valence-corrected chi connectivity index (χ0v) is 19.4. The maximum absolute atomic E-state index is 12.4. The van der Waals surface area contributed by atoms with Crippen molar-refractivity contribution in [3.8, 4) is 22.9 Å². The number of hydrogen-bond acceptors (Lipinski definition) is 5. The normalized spacial score (nSPS) is 11.0. The maximum atomic E-state index is 12.4. The molecular formula is C26H38N2O3. The van der Waals surface area contributed by atoms with Gasteiger partial charge in [-0.25, -0.2) is 9.97 Å². The van der Waals surface area contributed by atoms with Crippen LogP contribution in [-0.2, 0) is 4.79 Å². The molecule has 0 N–H and O–H groups in total. The highest BCUT2D eigenvalue weighted by atomic mass is 16.5. The molecule has 31 heavy (non-hydrogen) atoms. The predicted octanol–water partition coefficient (Wildman–Crippen LogP) is 7.00. The van der Waals surface area contributed by atoms with Gasteiger partial charge in [0, 0.05) is 5.56 Å². The summed E-state index contributed by atoms with van der Waals surface area (Å²) in [6.45, 7) is 7.12. The van der Waals surface area contributed by atoms with Gasteiger partial charge in [-0.15, -0.1) is 0 Å². The highest BCUT2D eigenvalue weighted by Gasteiger charge is 2.19. The first-order valence-corrected chi connectivity index (χ1v) is 11.9. The average Bonchev–Trinajstić information content (AvgIpc) is 2.79. The molecule has 0 atom stereocenters. The van der Waals surface area contributed by atoms with Crippen molar-refractivity contribution in [3.05, 3.63) is 36.7 Å². The molecule has 0 spiro atoms. The van der Waals surface area contributed by atoms with Gasteiger partial charge in [-0.1, -0.05) is 65.7 Å². The van der Waals surface area contributed by atoms with Crippen molar-refractivity contribution in [1.29, 1.82) is 0 Å². The number of hydrogen-bond donors (Lipinski definition) is 0. The van der Waals surface area contributed by atoms with Crippen LogP contribution in [0.4, 0.5) is 0 Å². The second-order valence-electron chi connectivity index (χ2n) is 8.08. The number of carbonyl (C=O) groups excluding carboxylic acids is 1. The van der Waals surface area contributed by atoms with Gasteiger partial charge in [-0.3, -0.25) is 4.79 Å². The Labute approximate surface area is 187 Å². The maximum Gasteiger partial charge on any atom is 0.314 e. The third-order valence-electron chi connectivity index (χ3n) is 5.33. The fourth-order valence-corrected chi connectivity index (χ4v) is 3.56. The second kappa shape index (κ2) is 14.6. The highest BCUT2D eigenvalue weighted by Crippen LogP contribution is 2.23. The van der Waals surface area contributed by atoms with Gasteiger partial charge in [0.25, 0.3) is 0 Å². The molecule has 2 aromatic rings. The van der Waals surface area contributed by atoms with Crippen molar-refractivity contribution in [2.24, 2.45) is 5.92 Å². The molecule has 0 bridgehead atoms. The number of unbranched alkanes of at least 4 members (excludes halogenated alkanes) is 5. The molecule has 0 aliphatic carbocycles. The van der Waals surface area contributed by atoms with Crippen molar-refractivity contribution in [3.63, 3.8) is 0 Å². The fourth-order valence-electron chi connectivity index (χ4n) is 3.56. The monoisotopic (exact) mass is 426 g/mol. The van der Waals surface area contributed by atoms with E-state index < -0.39 is 0 Å². The van der Waals surface area contributed by atoms with Gasteiger partial charge in [0.2, 0.25) is 0 Å². The van der Waals surface area contributed by atoms with E-state index in [0.29, 0.717) is 23.9 Å². The Morgan fingerprint density at radius 1 is 0.806 bits per heavy atom. The van der Waals surface area contributed by atoms with Crippen molar-refractivity contribution >= 4 is 5.97 Å². The van der Waals surface area contributed by atoms with Crippen LogP contribution in [-0.4, -0.2) is 22.5 Å². The Morgan fingerprint density at radius 2 is 1.42 bits per heavy atom. The number of aromatic nitrogens is 2. The Hall–Kier alpha value is -2.43. The molecule has 0 unspecified atom stereocenters. The van der Waals surface area contributed by atoms with Crippen LogP contribution in [0.5, 0.6) is 11.5 Å². The van der Waals surface area contributed by atoms with Crippen LogP contribution in [0.15, 0.2) is 36.7 Å². The molecule has 5 nitrogen and oxygen atoms in total. The van der Waals surface area contributed by atoms with Crippen molar-refractivity contribution in [1.82, 2.24) is 9.97 Å². The minimum Gasteiger partial charge on any atom is -0.490 e. The zero-order valence-electron chi connectivity index (χ0n) is 19.4. The average molecular weight is 427 g/mol. The third-order valence-corrected chi connectivity index (χ3v) is 5.33. The molecule has 5 heteroatoms. The van der Waals surface area contributed by atoms with E-state index in [2.05, 4.69) is 30.7 Å². The summed E-state index contributed by atoms with van der Waals surface area (Å²) in [5.41, 5.74) is 0.876. The minimum atomic E-state index is -0.139. The van der Waals surface area contributed by atoms with Gasteiger partial charge < -0.3 is 9.47 Å². The van der Waals surface area contributed by atoms with Gasteiger partial charge in [0.15, 0.2) is 11.6 Å². The second-order valence-corrected chi connectivity index (χ2v) is 8.08. The molecule has 0 aliphatic rings. The van der Waals surface area contributed by atoms with Gasteiger partial charge in [0.1, 0.15) is 5.75 Å². The number of esters is 1. The lowest BCUT2D eigenvalue weighted by molar-refractivity contribution is -0.139. The van der Waals surface area contributed by atoms with E-state index in [4.69, 9.17) is 9.47 Å². The highest BCUT2D eigenvalue weighted by molar-refractivity contribution is 5.75. The summed E-state index contributed by atoms with van der Waals surface area (Å²) in [6, 6.07) is 7.36. The van der Waals surface area contributed by atoms with Gasteiger partial charge >= 0.3 is 5.97 Å². The predicted molar refractivity (Wildman–Crippen MR) is 125 cm³/mol. The van der Waals surface area contributed by atoms with Crippen LogP contribution >= 0.6 is 0 Å². The van der Waals surface area contributed by atoms with Gasteiger partial charge in [-0.05, 0) is 43.5 Å². The number of carbonyl (C=O) groups is 1. The van der Waals surface area contributed by atoms with E-state index in [1.807, 2.05) is 12.1 Å². The van der Waals surface area contributed by atoms with Crippen molar-refractivity contribution in [2.75, 3.05) is 6.61 Å². The third kappa shape index (κ3) is 9.07. The minimum absolute atomic E-state index is 0.0260. The molecule has 1 aromatic heterocycles. The van der Waals surface area contributed by atoms with Crippen LogP contribution in [0.25, 0.3) is 11.4 Å². The molecule has 0 radical (unpaired) electrons. The quantitative estimate of drug-likeness (QED) is 0.174. The van der Waals surface area contributed by atoms with Crippen LogP contribution in [0, 0.1) is 5.92 Å². The topological polar surface area (TPSA) is 61.3 Å². The standard InChI is InChI=1S/C26H38N2O3/c1-4-7-8-9-10-11-18-30-24-19-27-25(28-20-24)21-14-16-23(17-15-21)31-26(29)22(12-5-2)13-6-3/h14-17,19-20,22H,4-13,18H2,1-3H3. The molecule has 1 aromatic carbocycles. The van der Waals surface area contributed by atoms with Crippen molar-refractivity contribution < 1.29 is 14.3 Å². The zero-order chi connectivity index (χ0) is 22.3.